The van der Waals surface area contributed by atoms with Crippen LogP contribution in [0.2, 0.25) is 0 Å². The van der Waals surface area contributed by atoms with Gasteiger partial charge in [-0.3, -0.25) is 9.10 Å². The molecule has 0 aliphatic carbocycles. The Bertz CT molecular complexity index is 812. The standard InChI is InChI=1S/C18H22N2O3S/c1-13-10-14(2)12-16(11-13)19-18(21)15(3)20(24(4,22)23)17-8-6-5-7-9-17/h5-12,15H,1-4H3,(H,19,21)/t15-/m0/s1. The monoisotopic (exact) mass is 346 g/mol. The Morgan fingerprint density at radius 1 is 1.04 bits per heavy atom. The summed E-state index contributed by atoms with van der Waals surface area (Å²) in [6, 6.07) is 13.4. The van der Waals surface area contributed by atoms with Crippen LogP contribution in [0.25, 0.3) is 0 Å². The zero-order valence-electron chi connectivity index (χ0n) is 14.3. The van der Waals surface area contributed by atoms with E-state index in [0.717, 1.165) is 21.7 Å². The van der Waals surface area contributed by atoms with Crippen LogP contribution in [0.4, 0.5) is 11.4 Å². The van der Waals surface area contributed by atoms with Gasteiger partial charge in [-0.1, -0.05) is 24.3 Å². The Hall–Kier alpha value is -2.34. The van der Waals surface area contributed by atoms with E-state index < -0.39 is 16.1 Å². The summed E-state index contributed by atoms with van der Waals surface area (Å²) in [6.45, 7) is 5.46. The quantitative estimate of drug-likeness (QED) is 0.905. The highest BCUT2D eigenvalue weighted by molar-refractivity contribution is 7.92. The summed E-state index contributed by atoms with van der Waals surface area (Å²) in [4.78, 5) is 12.6. The number of sulfonamides is 1. The maximum absolute atomic E-state index is 12.6. The van der Waals surface area contributed by atoms with Crippen molar-refractivity contribution < 1.29 is 13.2 Å². The molecular weight excluding hydrogens is 324 g/mol. The fourth-order valence-corrected chi connectivity index (χ4v) is 3.85. The van der Waals surface area contributed by atoms with E-state index >= 15 is 0 Å². The van der Waals surface area contributed by atoms with Crippen LogP contribution in [0, 0.1) is 13.8 Å². The second-order valence-corrected chi connectivity index (χ2v) is 7.80. The number of nitrogens with one attached hydrogen (secondary N) is 1. The second kappa shape index (κ2) is 7.05. The minimum absolute atomic E-state index is 0.380. The first-order valence-electron chi connectivity index (χ1n) is 7.62. The molecule has 2 aromatic carbocycles. The molecule has 0 heterocycles. The number of amides is 1. The van der Waals surface area contributed by atoms with E-state index in [2.05, 4.69) is 5.32 Å². The molecule has 1 atom stereocenters. The van der Waals surface area contributed by atoms with Gasteiger partial charge in [-0.15, -0.1) is 0 Å². The van der Waals surface area contributed by atoms with E-state index in [1.165, 1.54) is 0 Å². The average molecular weight is 346 g/mol. The summed E-state index contributed by atoms with van der Waals surface area (Å²) in [5.41, 5.74) is 3.18. The van der Waals surface area contributed by atoms with E-state index in [1.807, 2.05) is 32.0 Å². The van der Waals surface area contributed by atoms with Crippen LogP contribution in [0.3, 0.4) is 0 Å². The van der Waals surface area contributed by atoms with Crippen LogP contribution in [0.5, 0.6) is 0 Å². The smallest absolute Gasteiger partial charge is 0.247 e. The van der Waals surface area contributed by atoms with Gasteiger partial charge in [0.15, 0.2) is 0 Å². The highest BCUT2D eigenvalue weighted by atomic mass is 32.2. The molecule has 2 rings (SSSR count). The molecule has 0 fully saturated rings. The Morgan fingerprint density at radius 3 is 2.08 bits per heavy atom. The van der Waals surface area contributed by atoms with Gasteiger partial charge in [0.2, 0.25) is 15.9 Å². The summed E-state index contributed by atoms with van der Waals surface area (Å²) in [7, 11) is -3.60. The molecular formula is C18H22N2O3S. The number of carbonyl (C=O) groups excluding carboxylic acids is 1. The van der Waals surface area contributed by atoms with Crippen LogP contribution in [0.15, 0.2) is 48.5 Å². The molecule has 0 aliphatic rings. The SMILES string of the molecule is Cc1cc(C)cc(NC(=O)[C@H](C)N(c2ccccc2)S(C)(=O)=O)c1. The molecule has 1 amide bonds. The average Bonchev–Trinajstić information content (AvgIpc) is 2.45. The molecule has 0 radical (unpaired) electrons. The zero-order chi connectivity index (χ0) is 17.9. The van der Waals surface area contributed by atoms with Crippen LogP contribution < -0.4 is 9.62 Å². The first kappa shape index (κ1) is 18.0. The van der Waals surface area contributed by atoms with Crippen molar-refractivity contribution in [2.45, 2.75) is 26.8 Å². The van der Waals surface area contributed by atoms with Crippen molar-refractivity contribution in [1.29, 1.82) is 0 Å². The number of rotatable bonds is 5. The zero-order valence-corrected chi connectivity index (χ0v) is 15.1. The van der Waals surface area contributed by atoms with Crippen molar-refractivity contribution in [3.05, 3.63) is 59.7 Å². The molecule has 128 valence electrons. The van der Waals surface area contributed by atoms with Crippen molar-refractivity contribution in [2.75, 3.05) is 15.9 Å². The molecule has 0 bridgehead atoms. The lowest BCUT2D eigenvalue weighted by atomic mass is 10.1. The molecule has 2 aromatic rings. The third-order valence-electron chi connectivity index (χ3n) is 3.59. The van der Waals surface area contributed by atoms with Crippen LogP contribution in [0.1, 0.15) is 18.1 Å². The minimum Gasteiger partial charge on any atom is -0.324 e. The maximum Gasteiger partial charge on any atom is 0.247 e. The second-order valence-electron chi connectivity index (χ2n) is 5.94. The van der Waals surface area contributed by atoms with E-state index in [4.69, 9.17) is 0 Å². The Labute approximate surface area is 143 Å². The van der Waals surface area contributed by atoms with E-state index in [0.29, 0.717) is 11.4 Å². The van der Waals surface area contributed by atoms with Crippen LogP contribution in [-0.4, -0.2) is 26.6 Å². The van der Waals surface area contributed by atoms with Gasteiger partial charge >= 0.3 is 0 Å². The number of para-hydroxylation sites is 1. The summed E-state index contributed by atoms with van der Waals surface area (Å²) in [6.07, 6.45) is 1.10. The van der Waals surface area contributed by atoms with Gasteiger partial charge in [-0.05, 0) is 56.2 Å². The molecule has 0 saturated heterocycles. The van der Waals surface area contributed by atoms with Gasteiger partial charge in [0.05, 0.1) is 11.9 Å². The van der Waals surface area contributed by atoms with E-state index in [9.17, 15) is 13.2 Å². The highest BCUT2D eigenvalue weighted by Crippen LogP contribution is 2.21. The van der Waals surface area contributed by atoms with Gasteiger partial charge in [-0.25, -0.2) is 8.42 Å². The third kappa shape index (κ3) is 4.35. The molecule has 5 nitrogen and oxygen atoms in total. The Morgan fingerprint density at radius 2 is 1.58 bits per heavy atom. The minimum atomic E-state index is -3.60. The molecule has 6 heteroatoms. The van der Waals surface area contributed by atoms with E-state index in [1.54, 1.807) is 37.3 Å². The van der Waals surface area contributed by atoms with Gasteiger partial charge in [0.25, 0.3) is 0 Å². The Balaban J connectivity index is 2.29. The lowest BCUT2D eigenvalue weighted by molar-refractivity contribution is -0.116. The van der Waals surface area contributed by atoms with Crippen molar-refractivity contribution in [1.82, 2.24) is 0 Å². The summed E-state index contributed by atoms with van der Waals surface area (Å²) >= 11 is 0. The fourth-order valence-electron chi connectivity index (χ4n) is 2.68. The predicted molar refractivity (Wildman–Crippen MR) is 97.8 cm³/mol. The lowest BCUT2D eigenvalue weighted by Crippen LogP contribution is -2.45. The number of hydrogen-bond acceptors (Lipinski definition) is 3. The third-order valence-corrected chi connectivity index (χ3v) is 4.83. The number of carbonyl (C=O) groups is 1. The number of nitrogens with zero attached hydrogens (tertiary/aromatic N) is 1. The predicted octanol–water partition coefficient (Wildman–Crippen LogP) is 3.10. The van der Waals surface area contributed by atoms with Crippen molar-refractivity contribution in [3.63, 3.8) is 0 Å². The van der Waals surface area contributed by atoms with Crippen LogP contribution >= 0.6 is 0 Å². The Kier molecular flexibility index (Phi) is 5.29. The first-order valence-corrected chi connectivity index (χ1v) is 9.47. The molecule has 0 aliphatic heterocycles. The number of hydrogen-bond donors (Lipinski definition) is 1. The number of aryl methyl sites for hydroxylation is 2. The van der Waals surface area contributed by atoms with Crippen molar-refractivity contribution in [2.24, 2.45) is 0 Å². The van der Waals surface area contributed by atoms with E-state index in [-0.39, 0.29) is 5.91 Å². The molecule has 24 heavy (non-hydrogen) atoms. The van der Waals surface area contributed by atoms with Crippen molar-refractivity contribution >= 4 is 27.3 Å². The number of benzene rings is 2. The summed E-state index contributed by atoms with van der Waals surface area (Å²) in [5.74, 6) is -0.380. The molecule has 0 aromatic heterocycles. The first-order chi connectivity index (χ1) is 11.2. The molecule has 0 saturated carbocycles. The largest absolute Gasteiger partial charge is 0.324 e. The molecule has 0 unspecified atom stereocenters. The number of anilines is 2. The molecule has 1 N–H and O–H groups in total. The summed E-state index contributed by atoms with van der Waals surface area (Å²) in [5, 5.41) is 2.80. The van der Waals surface area contributed by atoms with Gasteiger partial charge in [0.1, 0.15) is 6.04 Å². The normalized spacial score (nSPS) is 12.5. The van der Waals surface area contributed by atoms with Gasteiger partial charge < -0.3 is 5.32 Å². The summed E-state index contributed by atoms with van der Waals surface area (Å²) < 4.78 is 25.5. The lowest BCUT2D eigenvalue weighted by Gasteiger charge is -2.28. The highest BCUT2D eigenvalue weighted by Gasteiger charge is 2.29. The molecule has 0 spiro atoms. The van der Waals surface area contributed by atoms with Crippen LogP contribution in [-0.2, 0) is 14.8 Å². The fraction of sp³-hybridized carbons (Fsp3) is 0.278. The van der Waals surface area contributed by atoms with Gasteiger partial charge in [0, 0.05) is 5.69 Å². The van der Waals surface area contributed by atoms with Gasteiger partial charge in [-0.2, -0.15) is 0 Å². The maximum atomic E-state index is 12.6. The van der Waals surface area contributed by atoms with Crippen molar-refractivity contribution in [3.8, 4) is 0 Å². The topological polar surface area (TPSA) is 66.5 Å².